The number of nitrogens with one attached hydrogen (secondary N) is 4. The minimum Gasteiger partial charge on any atom is -0.474 e. The van der Waals surface area contributed by atoms with Crippen molar-refractivity contribution < 1.29 is 28.7 Å². The lowest BCUT2D eigenvalue weighted by molar-refractivity contribution is -0.125. The third-order valence-electron chi connectivity index (χ3n) is 10.2. The molecule has 0 saturated heterocycles. The van der Waals surface area contributed by atoms with E-state index in [1.54, 1.807) is 31.5 Å². The average Bonchev–Trinajstić information content (AvgIpc) is 3.98. The fourth-order valence-corrected chi connectivity index (χ4v) is 8.17. The summed E-state index contributed by atoms with van der Waals surface area (Å²) in [6.07, 6.45) is 0.630. The number of ether oxygens (including phenoxy) is 2. The van der Waals surface area contributed by atoms with Crippen molar-refractivity contribution >= 4 is 58.1 Å². The van der Waals surface area contributed by atoms with E-state index in [2.05, 4.69) is 31.2 Å². The molecule has 0 saturated carbocycles. The number of aromatic nitrogens is 2. The van der Waals surface area contributed by atoms with Crippen molar-refractivity contribution in [3.8, 4) is 0 Å². The summed E-state index contributed by atoms with van der Waals surface area (Å²) in [5.41, 5.74) is 1.35. The molecule has 4 N–H and O–H groups in total. The molecule has 3 unspecified atom stereocenters. The van der Waals surface area contributed by atoms with Gasteiger partial charge in [-0.2, -0.15) is 0 Å². The molecule has 14 nitrogen and oxygen atoms in total. The molecule has 1 aromatic carbocycles. The summed E-state index contributed by atoms with van der Waals surface area (Å²) in [5.74, 6) is -1.18. The summed E-state index contributed by atoms with van der Waals surface area (Å²) in [6.45, 7) is 13.3. The van der Waals surface area contributed by atoms with Crippen molar-refractivity contribution in [1.29, 1.82) is 0 Å². The average molecular weight is 777 g/mol. The van der Waals surface area contributed by atoms with Crippen LogP contribution in [0, 0.1) is 11.8 Å². The second kappa shape index (κ2) is 16.8. The highest BCUT2D eigenvalue weighted by atomic mass is 32.1. The molecule has 10 atom stereocenters. The third-order valence-corrected chi connectivity index (χ3v) is 12.2. The number of rotatable bonds is 6. The Morgan fingerprint density at radius 3 is 1.69 bits per heavy atom. The predicted octanol–water partition coefficient (Wildman–Crippen LogP) is 4.55. The van der Waals surface area contributed by atoms with Gasteiger partial charge in [0.15, 0.2) is 12.1 Å². The van der Waals surface area contributed by atoms with E-state index in [-0.39, 0.29) is 46.8 Å². The highest BCUT2D eigenvalue weighted by molar-refractivity contribution is 7.10. The lowest BCUT2D eigenvalue weighted by Gasteiger charge is -2.24. The second-order valence-electron chi connectivity index (χ2n) is 14.3. The third kappa shape index (κ3) is 8.49. The van der Waals surface area contributed by atoms with Crippen molar-refractivity contribution in [3.63, 3.8) is 0 Å². The van der Waals surface area contributed by atoms with E-state index >= 15 is 0 Å². The molecular formula is C38H48N8O6S2. The molecule has 3 aliphatic heterocycles. The van der Waals surface area contributed by atoms with Crippen molar-refractivity contribution in [2.75, 3.05) is 0 Å². The molecule has 2 aromatic heterocycles. The van der Waals surface area contributed by atoms with Gasteiger partial charge in [0, 0.05) is 10.8 Å². The quantitative estimate of drug-likeness (QED) is 0.281. The van der Waals surface area contributed by atoms with Gasteiger partial charge in [-0.3, -0.25) is 19.2 Å². The number of amides is 4. The predicted molar refractivity (Wildman–Crippen MR) is 207 cm³/mol. The van der Waals surface area contributed by atoms with Gasteiger partial charge in [0.2, 0.25) is 23.6 Å². The molecule has 0 spiro atoms. The normalized spacial score (nSPS) is 28.9. The molecular weight excluding hydrogens is 729 g/mol. The zero-order valence-electron chi connectivity index (χ0n) is 31.5. The smallest absolute Gasteiger partial charge is 0.271 e. The van der Waals surface area contributed by atoms with Gasteiger partial charge in [0.1, 0.15) is 45.7 Å². The highest BCUT2D eigenvalue weighted by Crippen LogP contribution is 2.28. The maximum absolute atomic E-state index is 14.0. The second-order valence-corrected chi connectivity index (χ2v) is 16.0. The van der Waals surface area contributed by atoms with E-state index in [4.69, 9.17) is 19.5 Å². The molecule has 16 heteroatoms. The fraction of sp³-hybridized carbons (Fsp3) is 0.526. The van der Waals surface area contributed by atoms with Gasteiger partial charge < -0.3 is 30.7 Å². The number of aliphatic imine (C=N–C) groups is 2. The van der Waals surface area contributed by atoms with Crippen LogP contribution in [0.5, 0.6) is 0 Å². The first-order valence-corrected chi connectivity index (χ1v) is 20.3. The first kappa shape index (κ1) is 39.0. The number of fused-ring (bicyclic) bond motifs is 6. The van der Waals surface area contributed by atoms with Crippen LogP contribution < -0.4 is 21.3 Å². The highest BCUT2D eigenvalue weighted by Gasteiger charge is 2.41. The van der Waals surface area contributed by atoms with Crippen LogP contribution in [-0.4, -0.2) is 81.8 Å². The van der Waals surface area contributed by atoms with Gasteiger partial charge in [0.05, 0.1) is 12.1 Å². The summed E-state index contributed by atoms with van der Waals surface area (Å²) >= 11 is 2.53. The lowest BCUT2D eigenvalue weighted by Crippen LogP contribution is -2.45. The molecule has 8 bridgehead atoms. The number of hydrogen-bond donors (Lipinski definition) is 4. The van der Waals surface area contributed by atoms with Gasteiger partial charge in [-0.05, 0) is 44.6 Å². The van der Waals surface area contributed by atoms with Crippen molar-refractivity contribution in [1.82, 2.24) is 31.2 Å². The maximum atomic E-state index is 14.0. The Hall–Kier alpha value is -4.70. The number of nitrogens with zero attached hydrogens (tertiary/aromatic N) is 4. The molecule has 3 aromatic rings. The van der Waals surface area contributed by atoms with Gasteiger partial charge in [-0.15, -0.1) is 22.7 Å². The van der Waals surface area contributed by atoms with Crippen LogP contribution >= 0.6 is 22.7 Å². The molecule has 54 heavy (non-hydrogen) atoms. The standard InChI is InChI=1S/C38H48N8O6S2/c1-8-18(3)27-35-45-29(21(6)51-35)33(49)39-20(5)37-41-25(16-53-37)31(47)43-28(19(4)9-2)36-46-30(22(7)52-36)34(50)40-24(15-23-13-11-10-12-14-23)38-42-26(17-54-38)32(48)44-27/h10-14,16-22,24,27-30H,8-9,15H2,1-7H3,(H,39,49)(H,40,50)(H,43,47)(H,44,48)/t18?,19?,20-,21-,22-,24?,27+,28+,29+,30+/m1/s1. The summed E-state index contributed by atoms with van der Waals surface area (Å²) in [5, 5.41) is 16.6. The zero-order chi connectivity index (χ0) is 38.7. The van der Waals surface area contributed by atoms with Crippen LogP contribution in [0.4, 0.5) is 0 Å². The maximum Gasteiger partial charge on any atom is 0.271 e. The SMILES string of the molecule is CCC(C)[C@@H]1NC(=O)c2csc(n2)[C@@H](C)NC(=O)[C@H]2N=C(O[C@@H]2C)[C@H](C(C)CC)NC(=O)c2csc(n2)C(Cc2ccccc2)NC(=O)[C@H]2N=C1O[C@@H]2C. The van der Waals surface area contributed by atoms with E-state index in [0.717, 1.165) is 5.56 Å². The first-order valence-electron chi connectivity index (χ1n) is 18.5. The van der Waals surface area contributed by atoms with E-state index < -0.39 is 60.3 Å². The number of carbonyl (C=O) groups excluding carboxylic acids is 4. The number of benzene rings is 1. The Balaban J connectivity index is 1.38. The van der Waals surface area contributed by atoms with Gasteiger partial charge in [-0.1, -0.05) is 70.9 Å². The molecule has 3 aliphatic rings. The largest absolute Gasteiger partial charge is 0.474 e. The topological polar surface area (TPSA) is 185 Å². The van der Waals surface area contributed by atoms with Crippen molar-refractivity contribution in [2.45, 2.75) is 116 Å². The van der Waals surface area contributed by atoms with Gasteiger partial charge >= 0.3 is 0 Å². The van der Waals surface area contributed by atoms with E-state index in [9.17, 15) is 19.2 Å². The summed E-state index contributed by atoms with van der Waals surface area (Å²) < 4.78 is 12.3. The van der Waals surface area contributed by atoms with Crippen molar-refractivity contribution in [2.24, 2.45) is 21.8 Å². The van der Waals surface area contributed by atoms with Crippen molar-refractivity contribution in [3.05, 3.63) is 68.1 Å². The Labute approximate surface area is 323 Å². The van der Waals surface area contributed by atoms with E-state index in [1.807, 2.05) is 58.0 Å². The van der Waals surface area contributed by atoms with E-state index in [1.165, 1.54) is 22.7 Å². The van der Waals surface area contributed by atoms with Crippen LogP contribution in [-0.2, 0) is 25.5 Å². The number of thiazole rings is 2. The van der Waals surface area contributed by atoms with Gasteiger partial charge in [0.25, 0.3) is 11.8 Å². The molecule has 0 fully saturated rings. The fourth-order valence-electron chi connectivity index (χ4n) is 6.51. The summed E-state index contributed by atoms with van der Waals surface area (Å²) in [6, 6.07) is 5.62. The first-order chi connectivity index (χ1) is 25.9. The van der Waals surface area contributed by atoms with Crippen LogP contribution in [0.3, 0.4) is 0 Å². The Bertz CT molecular complexity index is 1910. The molecule has 4 amide bonds. The van der Waals surface area contributed by atoms with Crippen LogP contribution in [0.1, 0.15) is 110 Å². The molecule has 0 radical (unpaired) electrons. The Kier molecular flexibility index (Phi) is 12.1. The minimum atomic E-state index is -0.889. The van der Waals surface area contributed by atoms with Crippen LogP contribution in [0.2, 0.25) is 0 Å². The number of carbonyl (C=O) groups is 4. The van der Waals surface area contributed by atoms with Gasteiger partial charge in [-0.25, -0.2) is 20.0 Å². The molecule has 6 rings (SSSR count). The Morgan fingerprint density at radius 2 is 1.17 bits per heavy atom. The van der Waals surface area contributed by atoms with E-state index in [0.29, 0.717) is 29.3 Å². The van der Waals surface area contributed by atoms with Crippen LogP contribution in [0.15, 0.2) is 51.1 Å². The molecule has 0 aliphatic carbocycles. The summed E-state index contributed by atoms with van der Waals surface area (Å²) in [7, 11) is 0. The molecule has 288 valence electrons. The minimum absolute atomic E-state index is 0.0803. The summed E-state index contributed by atoms with van der Waals surface area (Å²) in [4.78, 5) is 73.7. The molecule has 5 heterocycles. The Morgan fingerprint density at radius 1 is 0.685 bits per heavy atom. The number of hydrogen-bond acceptors (Lipinski definition) is 12. The monoisotopic (exact) mass is 776 g/mol. The lowest BCUT2D eigenvalue weighted by atomic mass is 9.98. The zero-order valence-corrected chi connectivity index (χ0v) is 33.1. The van der Waals surface area contributed by atoms with Crippen LogP contribution in [0.25, 0.3) is 0 Å².